The summed E-state index contributed by atoms with van der Waals surface area (Å²) in [4.78, 5) is 4.94. The molecule has 0 heterocycles. The molecule has 0 N–H and O–H groups in total. The smallest absolute Gasteiger partial charge is 0.179 e. The van der Waals surface area contributed by atoms with Crippen molar-refractivity contribution in [3.63, 3.8) is 0 Å². The van der Waals surface area contributed by atoms with Gasteiger partial charge in [0, 0.05) is 50.4 Å². The van der Waals surface area contributed by atoms with Crippen molar-refractivity contribution in [2.75, 3.05) is 9.80 Å². The highest BCUT2D eigenvalue weighted by Crippen LogP contribution is 2.54. The largest absolute Gasteiger partial charge is 0.310 e. The Morgan fingerprint density at radius 2 is 0.400 bits per heavy atom. The van der Waals surface area contributed by atoms with Crippen LogP contribution in [0, 0.1) is 13.8 Å². The Hall–Kier alpha value is -13.0. The Morgan fingerprint density at radius 3 is 0.643 bits per heavy atom. The molecule has 115 heavy (non-hydrogen) atoms. The molecule has 4 heteroatoms. The molecular weight excluding hydrogens is 1420 g/mol. The second-order valence-electron chi connectivity index (χ2n) is 33.3. The van der Waals surface area contributed by atoms with Crippen LogP contribution in [0.5, 0.6) is 0 Å². The molecule has 0 aromatic heterocycles. The summed E-state index contributed by atoms with van der Waals surface area (Å²) in [6.07, 6.45) is 9.24. The minimum Gasteiger partial charge on any atom is -0.310 e. The zero-order valence-corrected chi connectivity index (χ0v) is 68.7. The lowest BCUT2D eigenvalue weighted by Gasteiger charge is -2.35. The van der Waals surface area contributed by atoms with E-state index in [1.807, 2.05) is 0 Å². The molecule has 19 rings (SSSR count). The molecule has 0 atom stereocenters. The average molecular weight is 1510 g/mol. The highest BCUT2D eigenvalue weighted by molar-refractivity contribution is 7.20. The van der Waals surface area contributed by atoms with Crippen LogP contribution < -0.4 is 51.3 Å². The van der Waals surface area contributed by atoms with E-state index in [1.165, 1.54) is 153 Å². The zero-order valence-electron chi connectivity index (χ0n) is 66.7. The van der Waals surface area contributed by atoms with Crippen LogP contribution in [0.4, 0.5) is 34.1 Å². The van der Waals surface area contributed by atoms with Crippen molar-refractivity contribution in [3.05, 3.63) is 455 Å². The van der Waals surface area contributed by atoms with Crippen LogP contribution in [0.3, 0.4) is 0 Å². The lowest BCUT2D eigenvalue weighted by molar-refractivity contribution is 0.660. The van der Waals surface area contributed by atoms with E-state index in [9.17, 15) is 0 Å². The third-order valence-corrected chi connectivity index (χ3v) is 35.2. The minimum absolute atomic E-state index is 0.194. The lowest BCUT2D eigenvalue weighted by Crippen LogP contribution is -2.74. The summed E-state index contributed by atoms with van der Waals surface area (Å²) in [6, 6.07) is 147. The molecule has 0 fully saturated rings. The fourth-order valence-corrected chi connectivity index (χ4v) is 29.2. The van der Waals surface area contributed by atoms with Gasteiger partial charge in [-0.05, 0) is 216 Å². The summed E-state index contributed by atoms with van der Waals surface area (Å²) >= 11 is 0. The standard InChI is InChI=1S/C111H92N2Si2/c1-77-31-27-29-45-107(77)112(83-55-61-93(62-56-83)114(87-33-15-9-16-34-87,88-35-17-10-18-36-88)89-37-19-11-20-38-89)85-59-69-99-97-67-53-81(73-103(97)110(5,6)105(99)75-85)49-47-79-51-65-95-96-66-52-80(72-102(96)109(3,4)101(95)71-79)48-50-82-54-68-98-100-70-60-86(76-106(100)111(7,8)104(98)74-82)113(108-46-30-28-32-78(108)2)84-57-63-94(64-58-84)115(90-39-21-12-22-40-90,91-41-23-13-24-42-91)92-43-25-14-26-44-92/h9-76H,1-8H3. The minimum atomic E-state index is -2.73. The topological polar surface area (TPSA) is 6.48 Å². The van der Waals surface area contributed by atoms with Gasteiger partial charge in [-0.3, -0.25) is 0 Å². The molecule has 0 radical (unpaired) electrons. The quantitative estimate of drug-likeness (QED) is 0.0480. The second-order valence-corrected chi connectivity index (χ2v) is 40.9. The van der Waals surface area contributed by atoms with E-state index < -0.39 is 16.1 Å². The monoisotopic (exact) mass is 1510 g/mol. The Morgan fingerprint density at radius 1 is 0.200 bits per heavy atom. The van der Waals surface area contributed by atoms with Gasteiger partial charge < -0.3 is 9.80 Å². The molecule has 0 saturated carbocycles. The third kappa shape index (κ3) is 12.2. The summed E-state index contributed by atoms with van der Waals surface area (Å²) in [5.74, 6) is 0. The van der Waals surface area contributed by atoms with Gasteiger partial charge in [-0.15, -0.1) is 0 Å². The van der Waals surface area contributed by atoms with Crippen LogP contribution >= 0.6 is 0 Å². The number of hydrogen-bond donors (Lipinski definition) is 0. The van der Waals surface area contributed by atoms with E-state index in [2.05, 4.69) is 478 Å². The fourth-order valence-electron chi connectivity index (χ4n) is 19.7. The highest BCUT2D eigenvalue weighted by Gasteiger charge is 2.45. The van der Waals surface area contributed by atoms with E-state index in [0.29, 0.717) is 0 Å². The first kappa shape index (κ1) is 72.3. The Bertz CT molecular complexity index is 5840. The summed E-state index contributed by atoms with van der Waals surface area (Å²) in [5, 5.41) is 10.9. The summed E-state index contributed by atoms with van der Waals surface area (Å²) < 4.78 is 0. The number of rotatable bonds is 18. The maximum atomic E-state index is 2.47. The van der Waals surface area contributed by atoms with Gasteiger partial charge in [-0.25, -0.2) is 0 Å². The average Bonchev–Trinajstić information content (AvgIpc) is 0.963. The summed E-state index contributed by atoms with van der Waals surface area (Å²) in [5.41, 5.74) is 29.4. The molecule has 16 aromatic carbocycles. The normalized spacial score (nSPS) is 13.9. The zero-order chi connectivity index (χ0) is 78.2. The third-order valence-electron chi connectivity index (χ3n) is 25.6. The number of nitrogens with zero attached hydrogens (tertiary/aromatic N) is 2. The lowest BCUT2D eigenvalue weighted by atomic mass is 9.81. The molecular formula is C111H92N2Si2. The predicted molar refractivity (Wildman–Crippen MR) is 496 cm³/mol. The maximum absolute atomic E-state index is 2.73. The molecule has 0 spiro atoms. The van der Waals surface area contributed by atoms with Crippen molar-refractivity contribution in [1.29, 1.82) is 0 Å². The number of fused-ring (bicyclic) bond motifs is 9. The van der Waals surface area contributed by atoms with Crippen LogP contribution in [0.2, 0.25) is 0 Å². The Balaban J connectivity index is 0.567. The van der Waals surface area contributed by atoms with E-state index >= 15 is 0 Å². The number of benzene rings is 16. The van der Waals surface area contributed by atoms with Crippen molar-refractivity contribution in [2.45, 2.75) is 71.6 Å². The number of hydrogen-bond acceptors (Lipinski definition) is 2. The molecule has 554 valence electrons. The fraction of sp³-hybridized carbons (Fsp3) is 0.0991. The second kappa shape index (κ2) is 28.9. The van der Waals surface area contributed by atoms with Gasteiger partial charge in [0.25, 0.3) is 0 Å². The van der Waals surface area contributed by atoms with Crippen molar-refractivity contribution in [3.8, 4) is 33.4 Å². The molecule has 3 aliphatic carbocycles. The highest BCUT2D eigenvalue weighted by atomic mass is 28.3. The van der Waals surface area contributed by atoms with Crippen molar-refractivity contribution in [2.24, 2.45) is 0 Å². The first-order valence-corrected chi connectivity index (χ1v) is 44.6. The van der Waals surface area contributed by atoms with Gasteiger partial charge in [-0.1, -0.05) is 393 Å². The van der Waals surface area contributed by atoms with Crippen LogP contribution in [-0.4, -0.2) is 16.1 Å². The SMILES string of the molecule is Cc1ccccc1N(c1ccc([Si](c2ccccc2)(c2ccccc2)c2ccccc2)cc1)c1ccc2c(c1)C(C)(C)c1cc(C=Cc3ccc4c(c3)C(C)(C)c3cc(C=Cc5ccc6c(c5)C(C)(C)c5cc(N(c7ccc([Si](c8ccccc8)(c8ccccc8)c8ccccc8)cc7)c7ccccc7C)ccc5-6)ccc3-4)ccc1-2. The first-order chi connectivity index (χ1) is 56.1. The van der Waals surface area contributed by atoms with E-state index in [4.69, 9.17) is 0 Å². The van der Waals surface area contributed by atoms with Crippen LogP contribution in [0.25, 0.3) is 57.7 Å². The number of anilines is 6. The maximum Gasteiger partial charge on any atom is 0.179 e. The molecule has 0 saturated heterocycles. The number of aryl methyl sites for hydroxylation is 2. The van der Waals surface area contributed by atoms with Crippen molar-refractivity contribution >= 4 is 116 Å². The van der Waals surface area contributed by atoms with Crippen molar-refractivity contribution in [1.82, 2.24) is 0 Å². The van der Waals surface area contributed by atoms with Crippen LogP contribution in [-0.2, 0) is 16.2 Å². The Labute approximate surface area is 681 Å². The van der Waals surface area contributed by atoms with Gasteiger partial charge in [0.05, 0.1) is 0 Å². The molecule has 0 unspecified atom stereocenters. The molecule has 16 aromatic rings. The van der Waals surface area contributed by atoms with Crippen LogP contribution in [0.1, 0.15) is 108 Å². The Kier molecular flexibility index (Phi) is 18.2. The van der Waals surface area contributed by atoms with Crippen molar-refractivity contribution < 1.29 is 0 Å². The van der Waals surface area contributed by atoms with E-state index in [1.54, 1.807) is 0 Å². The molecule has 0 aliphatic heterocycles. The van der Waals surface area contributed by atoms with Gasteiger partial charge >= 0.3 is 0 Å². The number of para-hydroxylation sites is 2. The van der Waals surface area contributed by atoms with E-state index in [0.717, 1.165) is 22.7 Å². The van der Waals surface area contributed by atoms with Crippen LogP contribution in [0.15, 0.2) is 388 Å². The molecule has 0 bridgehead atoms. The van der Waals surface area contributed by atoms with Gasteiger partial charge in [0.15, 0.2) is 16.1 Å². The summed E-state index contributed by atoms with van der Waals surface area (Å²) in [6.45, 7) is 18.9. The van der Waals surface area contributed by atoms with E-state index in [-0.39, 0.29) is 16.2 Å². The first-order valence-electron chi connectivity index (χ1n) is 40.6. The van der Waals surface area contributed by atoms with Gasteiger partial charge in [0.1, 0.15) is 0 Å². The predicted octanol–water partition coefficient (Wildman–Crippen LogP) is 23.3. The molecule has 3 aliphatic rings. The summed E-state index contributed by atoms with van der Waals surface area (Å²) in [7, 11) is -5.45. The molecule has 0 amide bonds. The van der Waals surface area contributed by atoms with Gasteiger partial charge in [-0.2, -0.15) is 0 Å². The van der Waals surface area contributed by atoms with Gasteiger partial charge in [0.2, 0.25) is 0 Å². The molecule has 2 nitrogen and oxygen atoms in total.